The molecule has 0 aromatic heterocycles. The fourth-order valence-corrected chi connectivity index (χ4v) is 4.92. The van der Waals surface area contributed by atoms with Gasteiger partial charge in [0, 0.05) is 56.7 Å². The van der Waals surface area contributed by atoms with Crippen molar-refractivity contribution in [1.29, 1.82) is 0 Å². The summed E-state index contributed by atoms with van der Waals surface area (Å²) < 4.78 is 0. The Morgan fingerprint density at radius 1 is 1.02 bits per heavy atom. The number of nitrogens with zero attached hydrogens (tertiary/aromatic N) is 3. The monoisotopic (exact) mass is 548 g/mol. The molecule has 9 heteroatoms. The van der Waals surface area contributed by atoms with Crippen molar-refractivity contribution in [1.82, 2.24) is 15.1 Å². The summed E-state index contributed by atoms with van der Waals surface area (Å²) in [5.41, 5.74) is 1.52. The minimum atomic E-state index is -0.774. The molecule has 0 unspecified atom stereocenters. The van der Waals surface area contributed by atoms with Crippen molar-refractivity contribution in [2.75, 3.05) is 19.6 Å². The van der Waals surface area contributed by atoms with Crippen molar-refractivity contribution in [3.8, 4) is 0 Å². The first-order valence-corrected chi connectivity index (χ1v) is 14.1. The maximum Gasteiger partial charge on any atom is 0.269 e. The van der Waals surface area contributed by atoms with Crippen molar-refractivity contribution in [3.05, 3.63) is 81.9 Å². The molecule has 1 saturated heterocycles. The molecule has 1 N–H and O–H groups in total. The molecule has 0 spiro atoms. The second kappa shape index (κ2) is 15.5. The topological polar surface area (TPSA) is 113 Å². The molecule has 3 amide bonds. The van der Waals surface area contributed by atoms with Crippen LogP contribution in [0.4, 0.5) is 5.69 Å². The van der Waals surface area contributed by atoms with E-state index >= 15 is 0 Å². The lowest BCUT2D eigenvalue weighted by atomic mass is 10.0. The number of hydrogen-bond acceptors (Lipinski definition) is 5. The van der Waals surface area contributed by atoms with Gasteiger partial charge in [0.25, 0.3) is 5.69 Å². The minimum Gasteiger partial charge on any atom is -0.340 e. The van der Waals surface area contributed by atoms with Crippen LogP contribution in [0, 0.1) is 10.1 Å². The number of unbranched alkanes of at least 4 members (excludes halogenated alkanes) is 4. The van der Waals surface area contributed by atoms with E-state index in [1.54, 1.807) is 23.1 Å². The van der Waals surface area contributed by atoms with E-state index in [-0.39, 0.29) is 23.5 Å². The number of amides is 3. The van der Waals surface area contributed by atoms with Gasteiger partial charge in [-0.1, -0.05) is 62.9 Å². The van der Waals surface area contributed by atoms with E-state index in [0.717, 1.165) is 24.8 Å². The van der Waals surface area contributed by atoms with Crippen LogP contribution in [0.2, 0.25) is 0 Å². The van der Waals surface area contributed by atoms with Gasteiger partial charge in [-0.2, -0.15) is 0 Å². The summed E-state index contributed by atoms with van der Waals surface area (Å²) in [4.78, 5) is 53.2. The molecular weight excluding hydrogens is 508 g/mol. The third kappa shape index (κ3) is 9.32. The van der Waals surface area contributed by atoms with Crippen molar-refractivity contribution in [2.24, 2.45) is 0 Å². The molecule has 214 valence electrons. The molecule has 1 heterocycles. The van der Waals surface area contributed by atoms with E-state index in [1.165, 1.54) is 31.1 Å². The average Bonchev–Trinajstić information content (AvgIpc) is 2.95. The summed E-state index contributed by atoms with van der Waals surface area (Å²) in [6.45, 7) is 5.45. The summed E-state index contributed by atoms with van der Waals surface area (Å²) >= 11 is 0. The molecule has 3 rings (SSSR count). The first-order chi connectivity index (χ1) is 19.3. The van der Waals surface area contributed by atoms with Crippen LogP contribution in [0.1, 0.15) is 63.5 Å². The molecule has 2 aromatic rings. The minimum absolute atomic E-state index is 0.0295. The molecular formula is C31H40N4O5. The zero-order chi connectivity index (χ0) is 28.9. The number of non-ortho nitro benzene ring substituents is 1. The van der Waals surface area contributed by atoms with E-state index in [1.807, 2.05) is 42.2 Å². The summed E-state index contributed by atoms with van der Waals surface area (Å²) in [5, 5.41) is 13.7. The van der Waals surface area contributed by atoms with Gasteiger partial charge in [-0.25, -0.2) is 0 Å². The van der Waals surface area contributed by atoms with Crippen molar-refractivity contribution in [3.63, 3.8) is 0 Å². The Labute approximate surface area is 236 Å². The molecule has 0 radical (unpaired) electrons. The highest BCUT2D eigenvalue weighted by molar-refractivity contribution is 5.95. The largest absolute Gasteiger partial charge is 0.340 e. The summed E-state index contributed by atoms with van der Waals surface area (Å²) in [7, 11) is 0. The van der Waals surface area contributed by atoms with Crippen LogP contribution >= 0.6 is 0 Å². The zero-order valence-electron chi connectivity index (χ0n) is 23.5. The van der Waals surface area contributed by atoms with E-state index in [0.29, 0.717) is 38.0 Å². The number of nitro benzene ring substituents is 1. The second-order valence-corrected chi connectivity index (χ2v) is 10.3. The van der Waals surface area contributed by atoms with E-state index in [9.17, 15) is 24.5 Å². The predicted octanol–water partition coefficient (Wildman–Crippen LogP) is 4.76. The zero-order valence-corrected chi connectivity index (χ0v) is 23.5. The normalized spacial score (nSPS) is 16.1. The van der Waals surface area contributed by atoms with E-state index < -0.39 is 16.9 Å². The first kappa shape index (κ1) is 30.5. The van der Waals surface area contributed by atoms with Gasteiger partial charge >= 0.3 is 0 Å². The quantitative estimate of drug-likeness (QED) is 0.168. The van der Waals surface area contributed by atoms with Gasteiger partial charge in [-0.05, 0) is 42.7 Å². The van der Waals surface area contributed by atoms with Gasteiger partial charge in [0.1, 0.15) is 6.04 Å². The van der Waals surface area contributed by atoms with Gasteiger partial charge in [-0.3, -0.25) is 24.5 Å². The third-order valence-corrected chi connectivity index (χ3v) is 7.18. The van der Waals surface area contributed by atoms with Crippen LogP contribution in [-0.2, 0) is 20.8 Å². The lowest BCUT2D eigenvalue weighted by molar-refractivity contribution is -0.384. The number of carbonyl (C=O) groups excluding carboxylic acids is 3. The maximum absolute atomic E-state index is 13.6. The van der Waals surface area contributed by atoms with Gasteiger partial charge < -0.3 is 15.1 Å². The fraction of sp³-hybridized carbons (Fsp3) is 0.452. The first-order valence-electron chi connectivity index (χ1n) is 14.1. The molecule has 0 bridgehead atoms. The Morgan fingerprint density at radius 3 is 2.38 bits per heavy atom. The Hall–Kier alpha value is -4.01. The predicted molar refractivity (Wildman–Crippen MR) is 155 cm³/mol. The van der Waals surface area contributed by atoms with E-state index in [2.05, 4.69) is 12.2 Å². The molecule has 1 aliphatic heterocycles. The number of carbonyl (C=O) groups is 3. The van der Waals surface area contributed by atoms with Gasteiger partial charge in [0.05, 0.1) is 4.92 Å². The Balaban J connectivity index is 1.62. The number of benzene rings is 2. The number of nitro groups is 1. The highest BCUT2D eigenvalue weighted by atomic mass is 16.6. The molecule has 1 fully saturated rings. The molecule has 2 aromatic carbocycles. The molecule has 1 aliphatic rings. The summed E-state index contributed by atoms with van der Waals surface area (Å²) in [6, 6.07) is 14.5. The Morgan fingerprint density at radius 2 is 1.73 bits per heavy atom. The van der Waals surface area contributed by atoms with E-state index in [4.69, 9.17) is 0 Å². The Bertz CT molecular complexity index is 1170. The number of nitrogens with one attached hydrogen (secondary N) is 1. The van der Waals surface area contributed by atoms with Crippen LogP contribution in [-0.4, -0.2) is 64.2 Å². The number of rotatable bonds is 13. The second-order valence-electron chi connectivity index (χ2n) is 10.3. The highest BCUT2D eigenvalue weighted by Crippen LogP contribution is 2.16. The number of hydrogen-bond donors (Lipinski definition) is 1. The fourth-order valence-electron chi connectivity index (χ4n) is 4.92. The average molecular weight is 549 g/mol. The summed E-state index contributed by atoms with van der Waals surface area (Å²) in [5.74, 6) is -0.473. The SMILES string of the molecule is CCCCCCCC(=O)N1CCN(C(=O)[C@H](Cc2ccccc2)NC(=O)/C=C/c2ccc([N+](=O)[O-])cc2)C[C@H]1C. The lowest BCUT2D eigenvalue weighted by Gasteiger charge is -2.41. The molecule has 2 atom stereocenters. The van der Waals surface area contributed by atoms with Gasteiger partial charge in [0.2, 0.25) is 17.7 Å². The van der Waals surface area contributed by atoms with Crippen molar-refractivity contribution >= 4 is 29.5 Å². The number of piperazine rings is 1. The van der Waals surface area contributed by atoms with Crippen LogP contribution in [0.25, 0.3) is 6.08 Å². The van der Waals surface area contributed by atoms with Crippen LogP contribution < -0.4 is 5.32 Å². The maximum atomic E-state index is 13.6. The molecule has 0 aliphatic carbocycles. The molecule has 9 nitrogen and oxygen atoms in total. The van der Waals surface area contributed by atoms with Gasteiger partial charge in [-0.15, -0.1) is 0 Å². The molecule has 40 heavy (non-hydrogen) atoms. The van der Waals surface area contributed by atoms with Crippen molar-refractivity contribution in [2.45, 2.75) is 70.9 Å². The van der Waals surface area contributed by atoms with Crippen molar-refractivity contribution < 1.29 is 19.3 Å². The lowest BCUT2D eigenvalue weighted by Crippen LogP contribution is -2.59. The molecule has 0 saturated carbocycles. The highest BCUT2D eigenvalue weighted by Gasteiger charge is 2.33. The van der Waals surface area contributed by atoms with Crippen LogP contribution in [0.3, 0.4) is 0 Å². The third-order valence-electron chi connectivity index (χ3n) is 7.18. The Kier molecular flexibility index (Phi) is 11.9. The van der Waals surface area contributed by atoms with Gasteiger partial charge in [0.15, 0.2) is 0 Å². The standard InChI is InChI=1S/C31H40N4O5/c1-3-4-5-6-10-13-30(37)34-21-20-33(23-24(34)2)31(38)28(22-26-11-8-7-9-12-26)32-29(36)19-16-25-14-17-27(18-15-25)35(39)40/h7-9,11-12,14-19,24,28H,3-6,10,13,20-23H2,1-2H3,(H,32,36)/b19-16+/t24-,28+/m1/s1. The smallest absolute Gasteiger partial charge is 0.269 e. The van der Waals surface area contributed by atoms with Crippen LogP contribution in [0.5, 0.6) is 0 Å². The summed E-state index contributed by atoms with van der Waals surface area (Å²) in [6.07, 6.45) is 9.22. The van der Waals surface area contributed by atoms with Crippen LogP contribution in [0.15, 0.2) is 60.7 Å².